The lowest BCUT2D eigenvalue weighted by Gasteiger charge is -2.30. The minimum Gasteiger partial charge on any atom is -0.271 e. The van der Waals surface area contributed by atoms with Crippen LogP contribution in [0.3, 0.4) is 0 Å². The van der Waals surface area contributed by atoms with Gasteiger partial charge in [-0.05, 0) is 36.0 Å². The Balaban J connectivity index is 1.89. The van der Waals surface area contributed by atoms with Crippen LogP contribution in [0.5, 0.6) is 0 Å². The molecule has 2 fully saturated rings. The van der Waals surface area contributed by atoms with Gasteiger partial charge in [-0.3, -0.25) is 4.79 Å². The van der Waals surface area contributed by atoms with Crippen LogP contribution in [0, 0.1) is 0 Å². The number of thioether (sulfide) groups is 2. The van der Waals surface area contributed by atoms with E-state index in [9.17, 15) is 13.2 Å². The van der Waals surface area contributed by atoms with E-state index in [-0.39, 0.29) is 17.7 Å². The van der Waals surface area contributed by atoms with Gasteiger partial charge in [0, 0.05) is 14.5 Å². The van der Waals surface area contributed by atoms with E-state index in [2.05, 4.69) is 19.6 Å². The molecule has 2 saturated heterocycles. The molecule has 1 spiro atoms. The number of amides is 1. The predicted molar refractivity (Wildman–Crippen MR) is 120 cm³/mol. The van der Waals surface area contributed by atoms with Crippen molar-refractivity contribution in [2.45, 2.75) is 55.1 Å². The van der Waals surface area contributed by atoms with Crippen LogP contribution < -0.4 is 0 Å². The molecular weight excluding hydrogens is 415 g/mol. The lowest BCUT2D eigenvalue weighted by molar-refractivity contribution is -0.124. The van der Waals surface area contributed by atoms with Gasteiger partial charge in [-0.15, -0.1) is 23.5 Å². The highest BCUT2D eigenvalue weighted by Gasteiger charge is 2.56. The van der Waals surface area contributed by atoms with E-state index in [4.69, 9.17) is 0 Å². The highest BCUT2D eigenvalue weighted by molar-refractivity contribution is 8.20. The quantitative estimate of drug-likeness (QED) is 0.621. The zero-order chi connectivity index (χ0) is 19.7. The Bertz CT molecular complexity index is 771. The van der Waals surface area contributed by atoms with Gasteiger partial charge in [-0.2, -0.15) is 0 Å². The van der Waals surface area contributed by atoms with E-state index < -0.39 is 22.2 Å². The molecule has 0 aromatic heterocycles. The maximum Gasteiger partial charge on any atom is 0.262 e. The van der Waals surface area contributed by atoms with Gasteiger partial charge < -0.3 is 0 Å². The van der Waals surface area contributed by atoms with Crippen molar-refractivity contribution in [1.82, 2.24) is 4.31 Å². The topological polar surface area (TPSA) is 54.5 Å². The molecule has 0 radical (unpaired) electrons. The minimum atomic E-state index is -3.60. The fourth-order valence-electron chi connectivity index (χ4n) is 3.56. The number of benzene rings is 1. The zero-order valence-electron chi connectivity index (χ0n) is 16.3. The van der Waals surface area contributed by atoms with Gasteiger partial charge in [0.05, 0.1) is 11.8 Å². The third kappa shape index (κ3) is 4.94. The van der Waals surface area contributed by atoms with Crippen LogP contribution in [0.2, 0.25) is 25.7 Å². The van der Waals surface area contributed by atoms with Crippen molar-refractivity contribution in [3.8, 4) is 0 Å². The molecule has 0 bridgehead atoms. The number of sulfonamides is 1. The van der Waals surface area contributed by atoms with Crippen LogP contribution >= 0.6 is 23.5 Å². The molecule has 1 atom stereocenters. The highest BCUT2D eigenvalue weighted by Crippen LogP contribution is 2.52. The Morgan fingerprint density at radius 2 is 1.78 bits per heavy atom. The van der Waals surface area contributed by atoms with Crippen LogP contribution in [-0.2, 0) is 21.2 Å². The van der Waals surface area contributed by atoms with Crippen molar-refractivity contribution in [1.29, 1.82) is 0 Å². The van der Waals surface area contributed by atoms with E-state index in [0.29, 0.717) is 18.9 Å². The monoisotopic (exact) mass is 443 g/mol. The normalized spacial score (nSPS) is 23.1. The summed E-state index contributed by atoms with van der Waals surface area (Å²) in [6, 6.07) is 10.3. The van der Waals surface area contributed by atoms with Crippen LogP contribution in [0.25, 0.3) is 0 Å². The first-order chi connectivity index (χ1) is 12.6. The molecule has 1 amide bonds. The zero-order valence-corrected chi connectivity index (χ0v) is 19.8. The first-order valence-electron chi connectivity index (χ1n) is 9.51. The van der Waals surface area contributed by atoms with Crippen LogP contribution in [0.15, 0.2) is 30.3 Å². The Hall–Kier alpha value is -0.443. The minimum absolute atomic E-state index is 0.0885. The van der Waals surface area contributed by atoms with Crippen molar-refractivity contribution < 1.29 is 13.2 Å². The van der Waals surface area contributed by atoms with Crippen molar-refractivity contribution in [3.63, 3.8) is 0 Å². The second-order valence-corrected chi connectivity index (χ2v) is 19.2. The number of rotatable bonds is 6. The summed E-state index contributed by atoms with van der Waals surface area (Å²) in [5.41, 5.74) is 1.09. The first kappa shape index (κ1) is 21.3. The molecule has 2 aliphatic heterocycles. The Labute approximate surface area is 172 Å². The van der Waals surface area contributed by atoms with Gasteiger partial charge in [-0.1, -0.05) is 50.0 Å². The molecule has 150 valence electrons. The molecule has 1 aromatic carbocycles. The van der Waals surface area contributed by atoms with E-state index in [1.54, 1.807) is 23.5 Å². The molecule has 2 aliphatic rings. The van der Waals surface area contributed by atoms with Crippen LogP contribution in [-0.4, -0.2) is 54.1 Å². The molecule has 4 nitrogen and oxygen atoms in total. The Kier molecular flexibility index (Phi) is 6.40. The average molecular weight is 444 g/mol. The third-order valence-electron chi connectivity index (χ3n) is 5.04. The summed E-state index contributed by atoms with van der Waals surface area (Å²) in [6.45, 7) is 6.51. The van der Waals surface area contributed by atoms with Gasteiger partial charge >= 0.3 is 0 Å². The number of carbonyl (C=O) groups is 1. The first-order valence-corrected chi connectivity index (χ1v) is 16.8. The standard InChI is InChI=1S/C19H29NO3S3Si/c1-27(2,3)13-12-26(22,23)20-17(14-16-8-5-4-6-9-16)15-19(18(20)21)24-10-7-11-25-19/h4-6,8-9,17H,7,10-15H2,1-3H3/t17-/m0/s1. The third-order valence-corrected chi connectivity index (χ3v) is 12.2. The molecule has 3 rings (SSSR count). The summed E-state index contributed by atoms with van der Waals surface area (Å²) in [5, 5.41) is 0. The highest BCUT2D eigenvalue weighted by atomic mass is 32.2. The maximum atomic E-state index is 13.4. The Morgan fingerprint density at radius 3 is 2.37 bits per heavy atom. The summed E-state index contributed by atoms with van der Waals surface area (Å²) in [7, 11) is -5.11. The number of nitrogens with zero attached hydrogens (tertiary/aromatic N) is 1. The molecule has 0 unspecified atom stereocenters. The van der Waals surface area contributed by atoms with Gasteiger partial charge in [-0.25, -0.2) is 12.7 Å². The van der Waals surface area contributed by atoms with Crippen molar-refractivity contribution in [2.75, 3.05) is 17.3 Å². The molecule has 2 heterocycles. The number of hydrogen-bond donors (Lipinski definition) is 0. The lowest BCUT2D eigenvalue weighted by atomic mass is 10.0. The molecule has 0 N–H and O–H groups in total. The van der Waals surface area contributed by atoms with E-state index in [0.717, 1.165) is 23.5 Å². The second-order valence-electron chi connectivity index (χ2n) is 8.58. The maximum absolute atomic E-state index is 13.4. The van der Waals surface area contributed by atoms with E-state index in [1.807, 2.05) is 30.3 Å². The SMILES string of the molecule is C[Si](C)(C)CCS(=O)(=O)N1C(=O)C2(C[C@@H]1Cc1ccccc1)SCCCS2. The summed E-state index contributed by atoms with van der Waals surface area (Å²) in [6.07, 6.45) is 2.29. The van der Waals surface area contributed by atoms with Crippen molar-refractivity contribution in [2.24, 2.45) is 0 Å². The van der Waals surface area contributed by atoms with Crippen LogP contribution in [0.4, 0.5) is 0 Å². The molecular formula is C19H29NO3S3Si. The Morgan fingerprint density at radius 1 is 1.15 bits per heavy atom. The van der Waals surface area contributed by atoms with Crippen LogP contribution in [0.1, 0.15) is 18.4 Å². The summed E-state index contributed by atoms with van der Waals surface area (Å²) >= 11 is 3.31. The van der Waals surface area contributed by atoms with Crippen molar-refractivity contribution in [3.05, 3.63) is 35.9 Å². The summed E-state index contributed by atoms with van der Waals surface area (Å²) in [4.78, 5) is 13.4. The van der Waals surface area contributed by atoms with Gasteiger partial charge in [0.25, 0.3) is 5.91 Å². The average Bonchev–Trinajstić information content (AvgIpc) is 2.86. The number of hydrogen-bond acceptors (Lipinski definition) is 5. The lowest BCUT2D eigenvalue weighted by Crippen LogP contribution is -2.45. The molecule has 1 aromatic rings. The van der Waals surface area contributed by atoms with E-state index in [1.165, 1.54) is 4.31 Å². The van der Waals surface area contributed by atoms with Crippen molar-refractivity contribution >= 4 is 47.5 Å². The number of carbonyl (C=O) groups excluding carboxylic acids is 1. The molecule has 0 saturated carbocycles. The second kappa shape index (κ2) is 8.12. The fraction of sp³-hybridized carbons (Fsp3) is 0.632. The van der Waals surface area contributed by atoms with Gasteiger partial charge in [0.1, 0.15) is 4.08 Å². The smallest absolute Gasteiger partial charge is 0.262 e. The predicted octanol–water partition coefficient (Wildman–Crippen LogP) is 4.06. The van der Waals surface area contributed by atoms with E-state index >= 15 is 0 Å². The van der Waals surface area contributed by atoms with Gasteiger partial charge in [0.15, 0.2) is 0 Å². The van der Waals surface area contributed by atoms with Gasteiger partial charge in [0.2, 0.25) is 10.0 Å². The summed E-state index contributed by atoms with van der Waals surface area (Å²) < 4.78 is 27.1. The molecule has 8 heteroatoms. The largest absolute Gasteiger partial charge is 0.271 e. The molecule has 27 heavy (non-hydrogen) atoms. The molecule has 0 aliphatic carbocycles. The summed E-state index contributed by atoms with van der Waals surface area (Å²) in [5.74, 6) is 1.76. The fourth-order valence-corrected chi connectivity index (χ4v) is 11.7.